The molecule has 8 aromatic carbocycles. The van der Waals surface area contributed by atoms with E-state index in [9.17, 15) is 0 Å². The van der Waals surface area contributed by atoms with Gasteiger partial charge in [0.25, 0.3) is 0 Å². The standard InChI is InChI=1S/C50H38N2/c1-51-50-47-15-9-8-14-46(47)49-34-42(28-33-48(49)50)41-22-20-37(21-23-41)36-16-18-38(19-17-36)40-26-31-45(32-27-40)52(43-12-6-3-7-13-43)44-29-24-39(25-30-44)35-10-4-2-5-11-35/h2-34,50-51H,1H3. The van der Waals surface area contributed by atoms with Crippen molar-refractivity contribution >= 4 is 17.1 Å². The summed E-state index contributed by atoms with van der Waals surface area (Å²) in [6.07, 6.45) is 0. The van der Waals surface area contributed by atoms with E-state index in [0.29, 0.717) is 0 Å². The number of hydrogen-bond acceptors (Lipinski definition) is 2. The molecule has 2 nitrogen and oxygen atoms in total. The summed E-state index contributed by atoms with van der Waals surface area (Å²) in [6.45, 7) is 0. The Kier molecular flexibility index (Phi) is 8.28. The van der Waals surface area contributed by atoms with Crippen LogP contribution in [0.5, 0.6) is 0 Å². The van der Waals surface area contributed by atoms with E-state index in [1.807, 2.05) is 7.05 Å². The lowest BCUT2D eigenvalue weighted by molar-refractivity contribution is 0.708. The van der Waals surface area contributed by atoms with Gasteiger partial charge in [-0.15, -0.1) is 0 Å². The zero-order chi connectivity index (χ0) is 34.9. The van der Waals surface area contributed by atoms with Gasteiger partial charge < -0.3 is 10.2 Å². The third kappa shape index (κ3) is 5.90. The molecule has 1 aliphatic carbocycles. The molecule has 52 heavy (non-hydrogen) atoms. The lowest BCUT2D eigenvalue weighted by atomic mass is 9.95. The number of fused-ring (bicyclic) bond motifs is 3. The lowest BCUT2D eigenvalue weighted by Gasteiger charge is -2.26. The van der Waals surface area contributed by atoms with Gasteiger partial charge in [0.1, 0.15) is 0 Å². The Balaban J connectivity index is 0.939. The van der Waals surface area contributed by atoms with Gasteiger partial charge in [0, 0.05) is 17.1 Å². The Morgan fingerprint density at radius 3 is 1.21 bits per heavy atom. The highest BCUT2D eigenvalue weighted by molar-refractivity contribution is 5.84. The third-order valence-corrected chi connectivity index (χ3v) is 10.4. The van der Waals surface area contributed by atoms with Crippen molar-refractivity contribution in [2.24, 2.45) is 0 Å². The molecular formula is C50H38N2. The molecule has 1 atom stereocenters. The van der Waals surface area contributed by atoms with Gasteiger partial charge in [0.2, 0.25) is 0 Å². The maximum atomic E-state index is 3.50. The van der Waals surface area contributed by atoms with Gasteiger partial charge in [-0.25, -0.2) is 0 Å². The Labute approximate surface area is 306 Å². The topological polar surface area (TPSA) is 15.3 Å². The van der Waals surface area contributed by atoms with E-state index >= 15 is 0 Å². The van der Waals surface area contributed by atoms with E-state index in [0.717, 1.165) is 17.1 Å². The summed E-state index contributed by atoms with van der Waals surface area (Å²) in [5, 5.41) is 3.50. The first-order valence-corrected chi connectivity index (χ1v) is 18.0. The van der Waals surface area contributed by atoms with E-state index in [4.69, 9.17) is 0 Å². The highest BCUT2D eigenvalue weighted by Gasteiger charge is 2.27. The molecule has 1 unspecified atom stereocenters. The lowest BCUT2D eigenvalue weighted by Crippen LogP contribution is -2.14. The van der Waals surface area contributed by atoms with Crippen molar-refractivity contribution in [2.45, 2.75) is 6.04 Å². The van der Waals surface area contributed by atoms with Gasteiger partial charge in [0.15, 0.2) is 0 Å². The van der Waals surface area contributed by atoms with Crippen molar-refractivity contribution < 1.29 is 0 Å². The number of rotatable bonds is 8. The summed E-state index contributed by atoms with van der Waals surface area (Å²) >= 11 is 0. The second kappa shape index (κ2) is 13.7. The van der Waals surface area contributed by atoms with Crippen LogP contribution >= 0.6 is 0 Å². The Bertz CT molecular complexity index is 2450. The molecule has 0 radical (unpaired) electrons. The molecule has 0 amide bonds. The fraction of sp³-hybridized carbons (Fsp3) is 0.0400. The van der Waals surface area contributed by atoms with E-state index in [-0.39, 0.29) is 6.04 Å². The average Bonchev–Trinajstić information content (AvgIpc) is 3.55. The zero-order valence-corrected chi connectivity index (χ0v) is 29.1. The predicted octanol–water partition coefficient (Wildman–Crippen LogP) is 13.1. The van der Waals surface area contributed by atoms with Gasteiger partial charge in [-0.05, 0) is 116 Å². The van der Waals surface area contributed by atoms with Gasteiger partial charge in [0.05, 0.1) is 6.04 Å². The molecule has 0 saturated carbocycles. The summed E-state index contributed by atoms with van der Waals surface area (Å²) < 4.78 is 0. The SMILES string of the molecule is CNC1c2ccccc2-c2cc(-c3ccc(-c4ccc(-c5ccc(N(c6ccccc6)c6ccc(-c7ccccc7)cc6)cc5)cc4)cc3)ccc21. The number of nitrogens with zero attached hydrogens (tertiary/aromatic N) is 1. The van der Waals surface area contributed by atoms with Gasteiger partial charge in [-0.1, -0.05) is 158 Å². The molecular weight excluding hydrogens is 629 g/mol. The second-order valence-corrected chi connectivity index (χ2v) is 13.4. The van der Waals surface area contributed by atoms with Gasteiger partial charge >= 0.3 is 0 Å². The van der Waals surface area contributed by atoms with Crippen LogP contribution < -0.4 is 10.2 Å². The first kappa shape index (κ1) is 31.5. The summed E-state index contributed by atoms with van der Waals surface area (Å²) in [7, 11) is 2.04. The highest BCUT2D eigenvalue weighted by atomic mass is 15.1. The van der Waals surface area contributed by atoms with Crippen LogP contribution in [0.1, 0.15) is 17.2 Å². The quantitative estimate of drug-likeness (QED) is 0.174. The molecule has 0 saturated heterocycles. The molecule has 2 heteroatoms. The Morgan fingerprint density at radius 2 is 0.692 bits per heavy atom. The van der Waals surface area contributed by atoms with Crippen LogP contribution in [-0.2, 0) is 0 Å². The van der Waals surface area contributed by atoms with Crippen molar-refractivity contribution in [3.8, 4) is 55.6 Å². The van der Waals surface area contributed by atoms with Crippen molar-refractivity contribution in [3.63, 3.8) is 0 Å². The van der Waals surface area contributed by atoms with Crippen molar-refractivity contribution in [2.75, 3.05) is 11.9 Å². The maximum Gasteiger partial charge on any atom is 0.0586 e. The summed E-state index contributed by atoms with van der Waals surface area (Å²) in [5.41, 5.74) is 18.4. The van der Waals surface area contributed by atoms with E-state index in [1.54, 1.807) is 0 Å². The zero-order valence-electron chi connectivity index (χ0n) is 29.1. The molecule has 0 heterocycles. The minimum atomic E-state index is 0.246. The number of para-hydroxylation sites is 1. The fourth-order valence-electron chi connectivity index (χ4n) is 7.66. The van der Waals surface area contributed by atoms with E-state index < -0.39 is 0 Å². The normalized spacial score (nSPS) is 13.0. The highest BCUT2D eigenvalue weighted by Crippen LogP contribution is 2.45. The minimum absolute atomic E-state index is 0.246. The van der Waals surface area contributed by atoms with E-state index in [1.165, 1.54) is 66.8 Å². The molecule has 9 rings (SSSR count). The number of anilines is 3. The van der Waals surface area contributed by atoms with Gasteiger partial charge in [-0.3, -0.25) is 0 Å². The minimum Gasteiger partial charge on any atom is -0.311 e. The van der Waals surface area contributed by atoms with Crippen molar-refractivity contribution in [1.82, 2.24) is 5.32 Å². The summed E-state index contributed by atoms with van der Waals surface area (Å²) in [6, 6.07) is 72.6. The Hall–Kier alpha value is -6.48. The van der Waals surface area contributed by atoms with Crippen LogP contribution in [0.3, 0.4) is 0 Å². The molecule has 1 N–H and O–H groups in total. The third-order valence-electron chi connectivity index (χ3n) is 10.4. The molecule has 0 bridgehead atoms. The first-order valence-electron chi connectivity index (χ1n) is 18.0. The molecule has 8 aromatic rings. The number of benzene rings is 8. The molecule has 0 aliphatic heterocycles. The monoisotopic (exact) mass is 666 g/mol. The fourth-order valence-corrected chi connectivity index (χ4v) is 7.66. The molecule has 0 aromatic heterocycles. The maximum absolute atomic E-state index is 3.50. The number of nitrogens with one attached hydrogen (secondary N) is 1. The second-order valence-electron chi connectivity index (χ2n) is 13.4. The average molecular weight is 667 g/mol. The van der Waals surface area contributed by atoms with Crippen LogP contribution in [0.4, 0.5) is 17.1 Å². The molecule has 1 aliphatic rings. The van der Waals surface area contributed by atoms with Crippen LogP contribution in [0.15, 0.2) is 200 Å². The first-order chi connectivity index (χ1) is 25.7. The van der Waals surface area contributed by atoms with Crippen molar-refractivity contribution in [3.05, 3.63) is 211 Å². The van der Waals surface area contributed by atoms with E-state index in [2.05, 4.69) is 210 Å². The Morgan fingerprint density at radius 1 is 0.327 bits per heavy atom. The predicted molar refractivity (Wildman–Crippen MR) is 219 cm³/mol. The van der Waals surface area contributed by atoms with Crippen molar-refractivity contribution in [1.29, 1.82) is 0 Å². The largest absolute Gasteiger partial charge is 0.311 e. The van der Waals surface area contributed by atoms with Crippen LogP contribution in [0.2, 0.25) is 0 Å². The van der Waals surface area contributed by atoms with Crippen LogP contribution in [0.25, 0.3) is 55.6 Å². The van der Waals surface area contributed by atoms with Crippen LogP contribution in [0, 0.1) is 0 Å². The summed E-state index contributed by atoms with van der Waals surface area (Å²) in [4.78, 5) is 2.31. The molecule has 0 fully saturated rings. The van der Waals surface area contributed by atoms with Crippen LogP contribution in [-0.4, -0.2) is 7.05 Å². The van der Waals surface area contributed by atoms with Gasteiger partial charge in [-0.2, -0.15) is 0 Å². The smallest absolute Gasteiger partial charge is 0.0586 e. The molecule has 248 valence electrons. The summed E-state index contributed by atoms with van der Waals surface area (Å²) in [5.74, 6) is 0. The molecule has 0 spiro atoms. The number of hydrogen-bond donors (Lipinski definition) is 1.